The van der Waals surface area contributed by atoms with Crippen molar-refractivity contribution in [1.82, 2.24) is 4.98 Å². The van der Waals surface area contributed by atoms with E-state index >= 15 is 0 Å². The van der Waals surface area contributed by atoms with Crippen LogP contribution in [-0.2, 0) is 9.47 Å². The highest BCUT2D eigenvalue weighted by molar-refractivity contribution is 6.29. The molecule has 1 saturated heterocycles. The summed E-state index contributed by atoms with van der Waals surface area (Å²) in [5.74, 6) is 0.731. The summed E-state index contributed by atoms with van der Waals surface area (Å²) in [4.78, 5) is 3.77. The minimum atomic E-state index is 0.453. The van der Waals surface area contributed by atoms with Gasteiger partial charge in [-0.15, -0.1) is 0 Å². The average Bonchev–Trinajstić information content (AvgIpc) is 2.32. The predicted molar refractivity (Wildman–Crippen MR) is 57.4 cm³/mol. The third-order valence-corrected chi connectivity index (χ3v) is 1.88. The van der Waals surface area contributed by atoms with Crippen LogP contribution in [0.25, 0.3) is 0 Å². The molecule has 1 fully saturated rings. The fraction of sp³-hybridized carbons (Fsp3) is 0.500. The second-order valence-electron chi connectivity index (χ2n) is 2.74. The summed E-state index contributed by atoms with van der Waals surface area (Å²) in [6, 6.07) is 3.40. The summed E-state index contributed by atoms with van der Waals surface area (Å²) in [5.41, 5.74) is 0. The van der Waals surface area contributed by atoms with Gasteiger partial charge < -0.3 is 14.2 Å². The average molecular weight is 232 g/mol. The van der Waals surface area contributed by atoms with E-state index in [1.54, 1.807) is 25.4 Å². The smallest absolute Gasteiger partial charge is 0.132 e. The number of methoxy groups -OCH3 is 1. The Labute approximate surface area is 94.1 Å². The van der Waals surface area contributed by atoms with Crippen LogP contribution in [0.15, 0.2) is 18.3 Å². The lowest BCUT2D eigenvalue weighted by atomic mass is 10.5. The second-order valence-corrected chi connectivity index (χ2v) is 3.13. The standard InChI is InChI=1S/C6H6ClNO.C4H8O2/c1-9-5-2-3-8-6(7)4-5;1-2-6-4-3-5-1/h2-4H,1H3;1-4H2. The maximum Gasteiger partial charge on any atom is 0.132 e. The molecule has 2 heterocycles. The molecular formula is C10H14ClNO3. The number of halogens is 1. The number of rotatable bonds is 1. The van der Waals surface area contributed by atoms with Crippen LogP contribution in [0.2, 0.25) is 5.15 Å². The molecule has 4 nitrogen and oxygen atoms in total. The molecular weight excluding hydrogens is 218 g/mol. The summed E-state index contributed by atoms with van der Waals surface area (Å²) in [7, 11) is 1.59. The third kappa shape index (κ3) is 5.57. The molecule has 0 aromatic carbocycles. The first kappa shape index (κ1) is 12.2. The summed E-state index contributed by atoms with van der Waals surface area (Å²) >= 11 is 5.53. The fourth-order valence-electron chi connectivity index (χ4n) is 0.951. The molecule has 1 aromatic rings. The van der Waals surface area contributed by atoms with Gasteiger partial charge in [0.15, 0.2) is 0 Å². The molecule has 0 spiro atoms. The van der Waals surface area contributed by atoms with Gasteiger partial charge in [-0.25, -0.2) is 4.98 Å². The lowest BCUT2D eigenvalue weighted by Crippen LogP contribution is -2.16. The number of hydrogen-bond acceptors (Lipinski definition) is 4. The Bertz CT molecular complexity index is 268. The minimum absolute atomic E-state index is 0.453. The number of pyridine rings is 1. The van der Waals surface area contributed by atoms with E-state index in [1.807, 2.05) is 0 Å². The highest BCUT2D eigenvalue weighted by atomic mass is 35.5. The van der Waals surface area contributed by atoms with E-state index in [4.69, 9.17) is 25.8 Å². The van der Waals surface area contributed by atoms with Crippen LogP contribution in [0.4, 0.5) is 0 Å². The Morgan fingerprint density at radius 2 is 1.87 bits per heavy atom. The molecule has 5 heteroatoms. The van der Waals surface area contributed by atoms with Gasteiger partial charge in [-0.3, -0.25) is 0 Å². The summed E-state index contributed by atoms with van der Waals surface area (Å²) in [6.07, 6.45) is 1.60. The minimum Gasteiger partial charge on any atom is -0.497 e. The molecule has 1 aliphatic rings. The van der Waals surface area contributed by atoms with E-state index < -0.39 is 0 Å². The Morgan fingerprint density at radius 1 is 1.27 bits per heavy atom. The van der Waals surface area contributed by atoms with Crippen molar-refractivity contribution in [2.45, 2.75) is 0 Å². The van der Waals surface area contributed by atoms with Gasteiger partial charge in [0, 0.05) is 12.3 Å². The number of ether oxygens (including phenoxy) is 3. The molecule has 1 aromatic heterocycles. The van der Waals surface area contributed by atoms with E-state index in [-0.39, 0.29) is 0 Å². The van der Waals surface area contributed by atoms with Crippen molar-refractivity contribution >= 4 is 11.6 Å². The second kappa shape index (κ2) is 7.45. The molecule has 15 heavy (non-hydrogen) atoms. The first-order chi connectivity index (χ1) is 7.33. The van der Waals surface area contributed by atoms with E-state index in [0.29, 0.717) is 5.15 Å². The van der Waals surface area contributed by atoms with Gasteiger partial charge in [0.05, 0.1) is 33.5 Å². The molecule has 1 aliphatic heterocycles. The maximum atomic E-state index is 5.53. The zero-order valence-corrected chi connectivity index (χ0v) is 9.37. The highest BCUT2D eigenvalue weighted by Crippen LogP contribution is 2.12. The number of nitrogens with zero attached hydrogens (tertiary/aromatic N) is 1. The molecule has 0 amide bonds. The lowest BCUT2D eigenvalue weighted by molar-refractivity contribution is -0.0334. The van der Waals surface area contributed by atoms with E-state index in [2.05, 4.69) is 4.98 Å². The van der Waals surface area contributed by atoms with Crippen LogP contribution in [0.1, 0.15) is 0 Å². The number of hydrogen-bond donors (Lipinski definition) is 0. The summed E-state index contributed by atoms with van der Waals surface area (Å²) in [6.45, 7) is 3.11. The Hall–Kier alpha value is -0.840. The monoisotopic (exact) mass is 231 g/mol. The quantitative estimate of drug-likeness (QED) is 0.691. The molecule has 0 saturated carbocycles. The zero-order chi connectivity index (χ0) is 10.9. The van der Waals surface area contributed by atoms with Gasteiger partial charge in [0.2, 0.25) is 0 Å². The van der Waals surface area contributed by atoms with Gasteiger partial charge in [-0.2, -0.15) is 0 Å². The Morgan fingerprint density at radius 3 is 2.20 bits per heavy atom. The summed E-state index contributed by atoms with van der Waals surface area (Å²) < 4.78 is 14.8. The van der Waals surface area contributed by atoms with Crippen molar-refractivity contribution in [1.29, 1.82) is 0 Å². The van der Waals surface area contributed by atoms with Crippen LogP contribution in [0, 0.1) is 0 Å². The molecule has 0 unspecified atom stereocenters. The third-order valence-electron chi connectivity index (χ3n) is 1.68. The first-order valence-corrected chi connectivity index (χ1v) is 5.02. The van der Waals surface area contributed by atoms with E-state index in [1.165, 1.54) is 0 Å². The van der Waals surface area contributed by atoms with Gasteiger partial charge in [-0.1, -0.05) is 11.6 Å². The Balaban J connectivity index is 0.000000162. The molecule has 0 N–H and O–H groups in total. The van der Waals surface area contributed by atoms with Crippen molar-refractivity contribution < 1.29 is 14.2 Å². The van der Waals surface area contributed by atoms with Gasteiger partial charge >= 0.3 is 0 Å². The molecule has 0 aliphatic carbocycles. The highest BCUT2D eigenvalue weighted by Gasteiger charge is 1.94. The van der Waals surface area contributed by atoms with Crippen molar-refractivity contribution in [2.75, 3.05) is 33.5 Å². The SMILES string of the molecule is C1COCCO1.COc1ccnc(Cl)c1. The van der Waals surface area contributed by atoms with Crippen LogP contribution in [0.5, 0.6) is 5.75 Å². The van der Waals surface area contributed by atoms with Crippen molar-refractivity contribution in [3.8, 4) is 5.75 Å². The predicted octanol–water partition coefficient (Wildman–Crippen LogP) is 1.78. The maximum absolute atomic E-state index is 5.53. The van der Waals surface area contributed by atoms with Crippen LogP contribution >= 0.6 is 11.6 Å². The van der Waals surface area contributed by atoms with E-state index in [0.717, 1.165) is 32.2 Å². The van der Waals surface area contributed by atoms with Crippen molar-refractivity contribution in [3.05, 3.63) is 23.5 Å². The lowest BCUT2D eigenvalue weighted by Gasteiger charge is -2.09. The first-order valence-electron chi connectivity index (χ1n) is 4.64. The molecule has 0 atom stereocenters. The molecule has 2 rings (SSSR count). The van der Waals surface area contributed by atoms with E-state index in [9.17, 15) is 0 Å². The van der Waals surface area contributed by atoms with Gasteiger partial charge in [-0.05, 0) is 6.07 Å². The van der Waals surface area contributed by atoms with Crippen LogP contribution < -0.4 is 4.74 Å². The number of aromatic nitrogens is 1. The van der Waals surface area contributed by atoms with Crippen LogP contribution in [-0.4, -0.2) is 38.5 Å². The van der Waals surface area contributed by atoms with Crippen LogP contribution in [0.3, 0.4) is 0 Å². The van der Waals surface area contributed by atoms with Crippen molar-refractivity contribution in [2.24, 2.45) is 0 Å². The fourth-order valence-corrected chi connectivity index (χ4v) is 1.12. The Kier molecular flexibility index (Phi) is 6.08. The normalized spacial score (nSPS) is 15.1. The van der Waals surface area contributed by atoms with Gasteiger partial charge in [0.1, 0.15) is 10.9 Å². The topological polar surface area (TPSA) is 40.6 Å². The molecule has 84 valence electrons. The zero-order valence-electron chi connectivity index (χ0n) is 8.61. The largest absolute Gasteiger partial charge is 0.497 e. The molecule has 0 bridgehead atoms. The van der Waals surface area contributed by atoms with Crippen molar-refractivity contribution in [3.63, 3.8) is 0 Å². The summed E-state index contributed by atoms with van der Waals surface area (Å²) in [5, 5.41) is 0.453. The molecule has 0 radical (unpaired) electrons. The van der Waals surface area contributed by atoms with Gasteiger partial charge in [0.25, 0.3) is 0 Å².